The van der Waals surface area contributed by atoms with Gasteiger partial charge in [0.25, 0.3) is 0 Å². The number of aliphatic hydroxyl groups excluding tert-OH is 1. The van der Waals surface area contributed by atoms with Gasteiger partial charge in [0.1, 0.15) is 25.1 Å². The molecule has 0 spiro atoms. The fourth-order valence-electron chi connectivity index (χ4n) is 3.73. The van der Waals surface area contributed by atoms with Gasteiger partial charge >= 0.3 is 5.97 Å². The number of nitrogens with zero attached hydrogens (tertiary/aromatic N) is 1. The van der Waals surface area contributed by atoms with Crippen molar-refractivity contribution < 1.29 is 37.7 Å². The van der Waals surface area contributed by atoms with E-state index in [1.54, 1.807) is 24.3 Å². The molecule has 0 bridgehead atoms. The molecular formula is C25H29NO8S2. The molecule has 1 aliphatic heterocycles. The number of hydrogen-bond acceptors (Lipinski definition) is 8. The highest BCUT2D eigenvalue weighted by atomic mass is 32.2. The maximum absolute atomic E-state index is 13.0. The van der Waals surface area contributed by atoms with Crippen LogP contribution in [0.3, 0.4) is 0 Å². The summed E-state index contributed by atoms with van der Waals surface area (Å²) in [6.07, 6.45) is -0.704. The molecule has 0 saturated carbocycles. The van der Waals surface area contributed by atoms with E-state index >= 15 is 0 Å². The lowest BCUT2D eigenvalue weighted by molar-refractivity contribution is -0.141. The standard InChI is InChI=1S/C25H29NO8S2/c1-17(2)36(31,32)26-14-19(21(25(26)30)9-3-4-11-33-16-23(27)28)15-34-20-8-5-7-18(13-20)24(29)22-10-6-12-35-22/h5-8,10,12-13,17,19,21,24,29H,9,11,14-16H2,1-2H3,(H,27,28)/t19-,21-,24?/m1/s1. The van der Waals surface area contributed by atoms with E-state index in [2.05, 4.69) is 11.8 Å². The molecule has 1 aromatic carbocycles. The van der Waals surface area contributed by atoms with Crippen molar-refractivity contribution in [1.29, 1.82) is 0 Å². The first-order valence-corrected chi connectivity index (χ1v) is 13.7. The van der Waals surface area contributed by atoms with Gasteiger partial charge in [-0.2, -0.15) is 0 Å². The normalized spacial score (nSPS) is 18.7. The number of carbonyl (C=O) groups is 2. The Morgan fingerprint density at radius 2 is 2.03 bits per heavy atom. The minimum absolute atomic E-state index is 0.0152. The summed E-state index contributed by atoms with van der Waals surface area (Å²) in [6, 6.07) is 10.7. The number of aliphatic hydroxyl groups is 1. The fraction of sp³-hybridized carbons (Fsp3) is 0.440. The van der Waals surface area contributed by atoms with Crippen LogP contribution in [0.4, 0.5) is 0 Å². The van der Waals surface area contributed by atoms with Gasteiger partial charge < -0.3 is 19.7 Å². The average Bonchev–Trinajstić information content (AvgIpc) is 3.48. The third-order valence-electron chi connectivity index (χ3n) is 5.73. The first-order valence-electron chi connectivity index (χ1n) is 11.4. The van der Waals surface area contributed by atoms with Crippen molar-refractivity contribution in [1.82, 2.24) is 4.31 Å². The Balaban J connectivity index is 1.71. The van der Waals surface area contributed by atoms with Crippen LogP contribution in [0.2, 0.25) is 0 Å². The highest BCUT2D eigenvalue weighted by molar-refractivity contribution is 7.90. The minimum Gasteiger partial charge on any atom is -0.493 e. The molecule has 1 saturated heterocycles. The summed E-state index contributed by atoms with van der Waals surface area (Å²) >= 11 is 1.44. The van der Waals surface area contributed by atoms with Gasteiger partial charge in [0.2, 0.25) is 15.9 Å². The summed E-state index contributed by atoms with van der Waals surface area (Å²) in [5.74, 6) is 3.19. The monoisotopic (exact) mass is 535 g/mol. The molecule has 1 fully saturated rings. The molecule has 1 aromatic heterocycles. The zero-order chi connectivity index (χ0) is 26.3. The van der Waals surface area contributed by atoms with E-state index in [1.807, 2.05) is 17.5 Å². The maximum Gasteiger partial charge on any atom is 0.329 e. The molecule has 0 aliphatic carbocycles. The van der Waals surface area contributed by atoms with Crippen LogP contribution >= 0.6 is 11.3 Å². The van der Waals surface area contributed by atoms with Crippen LogP contribution in [0.1, 0.15) is 36.8 Å². The summed E-state index contributed by atoms with van der Waals surface area (Å²) in [7, 11) is -3.81. The molecule has 0 radical (unpaired) electrons. The molecule has 11 heteroatoms. The van der Waals surface area contributed by atoms with Crippen LogP contribution in [-0.2, 0) is 24.3 Å². The van der Waals surface area contributed by atoms with E-state index in [-0.39, 0.29) is 26.2 Å². The molecule has 2 heterocycles. The lowest BCUT2D eigenvalue weighted by Gasteiger charge is -2.19. The lowest BCUT2D eigenvalue weighted by Crippen LogP contribution is -2.38. The van der Waals surface area contributed by atoms with Crippen LogP contribution in [0.25, 0.3) is 0 Å². The number of benzene rings is 1. The van der Waals surface area contributed by atoms with E-state index in [0.717, 1.165) is 9.18 Å². The summed E-state index contributed by atoms with van der Waals surface area (Å²) < 4.78 is 37.2. The molecular weight excluding hydrogens is 506 g/mol. The van der Waals surface area contributed by atoms with Crippen LogP contribution in [0.15, 0.2) is 41.8 Å². The maximum atomic E-state index is 13.0. The smallest absolute Gasteiger partial charge is 0.329 e. The zero-order valence-electron chi connectivity index (χ0n) is 20.0. The lowest BCUT2D eigenvalue weighted by atomic mass is 9.93. The first-order chi connectivity index (χ1) is 17.1. The number of rotatable bonds is 11. The number of carbonyl (C=O) groups excluding carboxylic acids is 1. The molecule has 3 atom stereocenters. The van der Waals surface area contributed by atoms with Crippen LogP contribution in [-0.4, -0.2) is 66.4 Å². The number of carboxylic acid groups (broad SMARTS) is 1. The Hall–Kier alpha value is -2.91. The summed E-state index contributed by atoms with van der Waals surface area (Å²) in [6.45, 7) is 2.52. The molecule has 194 valence electrons. The highest BCUT2D eigenvalue weighted by Crippen LogP contribution is 2.32. The van der Waals surface area contributed by atoms with Gasteiger partial charge in [0.15, 0.2) is 0 Å². The minimum atomic E-state index is -3.81. The van der Waals surface area contributed by atoms with Crippen molar-refractivity contribution in [2.45, 2.75) is 31.6 Å². The van der Waals surface area contributed by atoms with Crippen molar-refractivity contribution in [3.63, 3.8) is 0 Å². The number of thiophene rings is 1. The molecule has 36 heavy (non-hydrogen) atoms. The Morgan fingerprint density at radius 1 is 1.25 bits per heavy atom. The Kier molecular flexibility index (Phi) is 9.50. The van der Waals surface area contributed by atoms with Crippen LogP contribution in [0.5, 0.6) is 5.75 Å². The zero-order valence-corrected chi connectivity index (χ0v) is 21.6. The van der Waals surface area contributed by atoms with Gasteiger partial charge in [0.05, 0.1) is 17.8 Å². The largest absolute Gasteiger partial charge is 0.493 e. The third-order valence-corrected chi connectivity index (χ3v) is 8.79. The van der Waals surface area contributed by atoms with Crippen molar-refractivity contribution in [3.8, 4) is 17.6 Å². The predicted octanol–water partition coefficient (Wildman–Crippen LogP) is 2.52. The number of hydrogen-bond donors (Lipinski definition) is 2. The highest BCUT2D eigenvalue weighted by Gasteiger charge is 2.46. The number of amides is 1. The van der Waals surface area contributed by atoms with Crippen molar-refractivity contribution in [2.24, 2.45) is 11.8 Å². The van der Waals surface area contributed by atoms with E-state index in [4.69, 9.17) is 14.6 Å². The summed E-state index contributed by atoms with van der Waals surface area (Å²) in [4.78, 5) is 24.4. The second kappa shape index (κ2) is 12.4. The van der Waals surface area contributed by atoms with E-state index in [0.29, 0.717) is 11.3 Å². The molecule has 2 N–H and O–H groups in total. The quantitative estimate of drug-likeness (QED) is 0.332. The van der Waals surface area contributed by atoms with Crippen molar-refractivity contribution >= 4 is 33.2 Å². The second-order valence-electron chi connectivity index (χ2n) is 8.58. The summed E-state index contributed by atoms with van der Waals surface area (Å²) in [5.41, 5.74) is 0.658. The van der Waals surface area contributed by atoms with E-state index < -0.39 is 51.7 Å². The molecule has 1 unspecified atom stereocenters. The molecule has 3 rings (SSSR count). The van der Waals surface area contributed by atoms with Gasteiger partial charge in [-0.25, -0.2) is 17.5 Å². The Bertz CT molecular complexity index is 1210. The first kappa shape index (κ1) is 27.7. The predicted molar refractivity (Wildman–Crippen MR) is 134 cm³/mol. The van der Waals surface area contributed by atoms with Crippen molar-refractivity contribution in [3.05, 3.63) is 52.2 Å². The molecule has 2 aromatic rings. The van der Waals surface area contributed by atoms with Gasteiger partial charge in [-0.15, -0.1) is 17.3 Å². The van der Waals surface area contributed by atoms with Crippen molar-refractivity contribution in [2.75, 3.05) is 26.4 Å². The van der Waals surface area contributed by atoms with Gasteiger partial charge in [-0.1, -0.05) is 24.1 Å². The molecule has 1 amide bonds. The Morgan fingerprint density at radius 3 is 2.69 bits per heavy atom. The SMILES string of the molecule is CC(C)S(=O)(=O)N1C[C@H](COc2cccc(C(O)c3cccs3)c2)[C@@H](CC#CCOCC(=O)O)C1=O. The Labute approximate surface area is 214 Å². The topological polar surface area (TPSA) is 130 Å². The average molecular weight is 536 g/mol. The van der Waals surface area contributed by atoms with E-state index in [1.165, 1.54) is 25.2 Å². The number of aliphatic carboxylic acids is 1. The van der Waals surface area contributed by atoms with Gasteiger partial charge in [0, 0.05) is 23.8 Å². The number of sulfonamides is 1. The summed E-state index contributed by atoms with van der Waals surface area (Å²) in [5, 5.41) is 20.3. The van der Waals surface area contributed by atoms with Gasteiger partial charge in [-0.05, 0) is 43.0 Å². The third kappa shape index (κ3) is 6.85. The van der Waals surface area contributed by atoms with Crippen LogP contribution in [0, 0.1) is 23.7 Å². The molecule has 1 aliphatic rings. The number of carboxylic acids is 1. The van der Waals surface area contributed by atoms with E-state index in [9.17, 15) is 23.1 Å². The molecule has 9 nitrogen and oxygen atoms in total. The number of ether oxygens (including phenoxy) is 2. The fourth-order valence-corrected chi connectivity index (χ4v) is 5.77. The second-order valence-corrected chi connectivity index (χ2v) is 12.0. The van der Waals surface area contributed by atoms with Gasteiger partial charge in [-0.3, -0.25) is 4.79 Å². The van der Waals surface area contributed by atoms with Crippen LogP contribution < -0.4 is 4.74 Å².